The molecule has 1 N–H and O–H groups in total. The molecule has 3 rings (SSSR count). The van der Waals surface area contributed by atoms with E-state index in [1.165, 1.54) is 20.8 Å². The van der Waals surface area contributed by atoms with E-state index in [9.17, 15) is 9.90 Å². The normalized spacial score (nSPS) is 33.9. The Balaban J connectivity index is 1.73. The first-order chi connectivity index (χ1) is 14.7. The first kappa shape index (κ1) is 24.5. The van der Waals surface area contributed by atoms with Crippen molar-refractivity contribution in [1.29, 1.82) is 0 Å². The average Bonchev–Trinajstić information content (AvgIpc) is 2.73. The van der Waals surface area contributed by atoms with Gasteiger partial charge in [-0.3, -0.25) is 0 Å². The molecule has 0 heterocycles. The maximum atomic E-state index is 11.6. The fourth-order valence-corrected chi connectivity index (χ4v) is 6.36. The maximum Gasteiger partial charge on any atom is 0.330 e. The number of hydrogen-bond acceptors (Lipinski definition) is 3. The smallest absolute Gasteiger partial charge is 0.330 e. The van der Waals surface area contributed by atoms with E-state index in [-0.39, 0.29) is 17.5 Å². The number of ether oxygens (including phenoxy) is 1. The van der Waals surface area contributed by atoms with Crippen LogP contribution >= 0.6 is 22.6 Å². The van der Waals surface area contributed by atoms with Crippen LogP contribution in [0.3, 0.4) is 0 Å². The molecule has 2 fully saturated rings. The molecule has 2 saturated carbocycles. The molecule has 0 amide bonds. The predicted molar refractivity (Wildman–Crippen MR) is 135 cm³/mol. The van der Waals surface area contributed by atoms with E-state index in [0.29, 0.717) is 30.3 Å². The van der Waals surface area contributed by atoms with E-state index in [2.05, 4.69) is 73.7 Å². The lowest BCUT2D eigenvalue weighted by atomic mass is 9.49. The molecule has 31 heavy (non-hydrogen) atoms. The summed E-state index contributed by atoms with van der Waals surface area (Å²) in [6, 6.07) is 8.78. The molecular weight excluding hydrogens is 499 g/mol. The first-order valence-corrected chi connectivity index (χ1v) is 12.8. The summed E-state index contributed by atoms with van der Waals surface area (Å²) in [6.45, 7) is 9.21. The highest BCUT2D eigenvalue weighted by atomic mass is 127. The second kappa shape index (κ2) is 10.7. The van der Waals surface area contributed by atoms with Crippen LogP contribution in [-0.4, -0.2) is 23.8 Å². The second-order valence-corrected chi connectivity index (χ2v) is 11.1. The van der Waals surface area contributed by atoms with Gasteiger partial charge in [0, 0.05) is 9.65 Å². The van der Waals surface area contributed by atoms with Crippen LogP contribution in [0.2, 0.25) is 0 Å². The molecule has 170 valence electrons. The Hall–Kier alpha value is -1.14. The zero-order chi connectivity index (χ0) is 22.6. The number of aliphatic hydroxyl groups is 1. The van der Waals surface area contributed by atoms with Crippen LogP contribution < -0.4 is 0 Å². The minimum atomic E-state index is -0.282. The summed E-state index contributed by atoms with van der Waals surface area (Å²) in [5, 5.41) is 11.0. The van der Waals surface area contributed by atoms with Crippen molar-refractivity contribution in [3.63, 3.8) is 0 Å². The summed E-state index contributed by atoms with van der Waals surface area (Å²) in [5.74, 6) is 1.63. The van der Waals surface area contributed by atoms with E-state index in [4.69, 9.17) is 4.74 Å². The minimum Gasteiger partial charge on any atom is -0.463 e. The molecule has 6 atom stereocenters. The summed E-state index contributed by atoms with van der Waals surface area (Å²) < 4.78 is 6.22. The van der Waals surface area contributed by atoms with Gasteiger partial charge in [0.1, 0.15) is 0 Å². The Kier molecular flexibility index (Phi) is 8.42. The van der Waals surface area contributed by atoms with Crippen LogP contribution in [0.25, 0.3) is 0 Å². The molecule has 2 aliphatic carbocycles. The van der Waals surface area contributed by atoms with E-state index < -0.39 is 0 Å². The summed E-state index contributed by atoms with van der Waals surface area (Å²) in [4.78, 5) is 11.6. The van der Waals surface area contributed by atoms with Gasteiger partial charge in [-0.25, -0.2) is 4.79 Å². The number of aliphatic hydroxyl groups excluding tert-OH is 1. The largest absolute Gasteiger partial charge is 0.463 e. The van der Waals surface area contributed by atoms with Gasteiger partial charge >= 0.3 is 5.97 Å². The number of halogens is 1. The van der Waals surface area contributed by atoms with Gasteiger partial charge in [0.2, 0.25) is 0 Å². The fourth-order valence-electron chi connectivity index (χ4n) is 6.00. The molecule has 0 spiro atoms. The Morgan fingerprint density at radius 1 is 1.29 bits per heavy atom. The lowest BCUT2D eigenvalue weighted by molar-refractivity contribution is -0.137. The van der Waals surface area contributed by atoms with E-state index >= 15 is 0 Å². The molecule has 0 radical (unpaired) electrons. The van der Waals surface area contributed by atoms with E-state index in [1.54, 1.807) is 0 Å². The highest BCUT2D eigenvalue weighted by Crippen LogP contribution is 2.58. The molecule has 2 aliphatic rings. The summed E-state index contributed by atoms with van der Waals surface area (Å²) in [7, 11) is 0. The number of fused-ring (bicyclic) bond motifs is 1. The molecule has 0 saturated heterocycles. The van der Waals surface area contributed by atoms with Gasteiger partial charge < -0.3 is 9.84 Å². The Morgan fingerprint density at radius 2 is 2.00 bits per heavy atom. The summed E-state index contributed by atoms with van der Waals surface area (Å²) in [5.41, 5.74) is 2.91. The van der Waals surface area contributed by atoms with Crippen molar-refractivity contribution in [2.45, 2.75) is 65.9 Å². The summed E-state index contributed by atoms with van der Waals surface area (Å²) in [6.07, 6.45) is 10.5. The quantitative estimate of drug-likeness (QED) is 0.200. The third-order valence-electron chi connectivity index (χ3n) is 8.00. The van der Waals surface area contributed by atoms with Gasteiger partial charge in [-0.1, -0.05) is 43.7 Å². The lowest BCUT2D eigenvalue weighted by Crippen LogP contribution is -2.52. The molecule has 0 aliphatic heterocycles. The van der Waals surface area contributed by atoms with E-state index in [0.717, 1.165) is 32.1 Å². The van der Waals surface area contributed by atoms with Crippen LogP contribution in [0.4, 0.5) is 0 Å². The molecule has 0 bridgehead atoms. The van der Waals surface area contributed by atoms with Crippen molar-refractivity contribution >= 4 is 28.6 Å². The Bertz CT molecular complexity index is 812. The Labute approximate surface area is 201 Å². The van der Waals surface area contributed by atoms with Gasteiger partial charge in [-0.05, 0) is 115 Å². The number of hydrogen-bond donors (Lipinski definition) is 1. The maximum absolute atomic E-state index is 11.6. The van der Waals surface area contributed by atoms with Crippen molar-refractivity contribution in [1.82, 2.24) is 0 Å². The fraction of sp³-hybridized carbons (Fsp3) is 0.593. The van der Waals surface area contributed by atoms with Crippen LogP contribution in [0.15, 0.2) is 48.1 Å². The SMILES string of the molecule is CCOC(=O)/C=C/C=C(\C)[C@@H]1CC[C@H]2[C@H](Cc3ccc(I)cc3)[C@H](O)C[C@@H](C)[C@]2(C)C1. The van der Waals surface area contributed by atoms with Crippen molar-refractivity contribution in [2.24, 2.45) is 29.1 Å². The van der Waals surface area contributed by atoms with Crippen LogP contribution in [0.1, 0.15) is 58.9 Å². The van der Waals surface area contributed by atoms with Crippen LogP contribution in [-0.2, 0) is 16.0 Å². The van der Waals surface area contributed by atoms with Crippen LogP contribution in [0.5, 0.6) is 0 Å². The van der Waals surface area contributed by atoms with Gasteiger partial charge in [0.25, 0.3) is 0 Å². The molecular formula is C27H37IO3. The van der Waals surface area contributed by atoms with Gasteiger partial charge in [-0.2, -0.15) is 0 Å². The average molecular weight is 536 g/mol. The number of allylic oxidation sites excluding steroid dienone is 3. The molecule has 3 nitrogen and oxygen atoms in total. The lowest BCUT2D eigenvalue weighted by Gasteiger charge is -2.56. The second-order valence-electron chi connectivity index (χ2n) is 9.81. The number of carbonyl (C=O) groups excluding carboxylic acids is 1. The standard InChI is InChI=1S/C27H37IO3/c1-5-31-26(30)8-6-7-18(2)21-11-14-24-23(16-20-9-12-22(28)13-10-20)25(29)15-19(3)27(24,4)17-21/h6-10,12-13,19,21,23-25,29H,5,11,14-17H2,1-4H3/b8-6+,18-7+/t19-,21-,23+,24+,25-,27+/m1/s1. The van der Waals surface area contributed by atoms with Gasteiger partial charge in [0.15, 0.2) is 0 Å². The third kappa shape index (κ3) is 5.81. The van der Waals surface area contributed by atoms with Gasteiger partial charge in [-0.15, -0.1) is 0 Å². The zero-order valence-corrected chi connectivity index (χ0v) is 21.5. The minimum absolute atomic E-state index is 0.215. The highest BCUT2D eigenvalue weighted by Gasteiger charge is 2.52. The molecule has 4 heteroatoms. The topological polar surface area (TPSA) is 46.5 Å². The molecule has 1 aromatic carbocycles. The number of benzene rings is 1. The highest BCUT2D eigenvalue weighted by molar-refractivity contribution is 14.1. The molecule has 0 aromatic heterocycles. The zero-order valence-electron chi connectivity index (χ0n) is 19.3. The predicted octanol–water partition coefficient (Wildman–Crippen LogP) is 6.34. The van der Waals surface area contributed by atoms with Gasteiger partial charge in [0.05, 0.1) is 12.7 Å². The van der Waals surface area contributed by atoms with Crippen molar-refractivity contribution < 1.29 is 14.6 Å². The number of rotatable bonds is 6. The van der Waals surface area contributed by atoms with Crippen molar-refractivity contribution in [3.8, 4) is 0 Å². The Morgan fingerprint density at radius 3 is 2.68 bits per heavy atom. The summed E-state index contributed by atoms with van der Waals surface area (Å²) >= 11 is 2.35. The van der Waals surface area contributed by atoms with Crippen molar-refractivity contribution in [2.75, 3.05) is 6.61 Å². The van der Waals surface area contributed by atoms with Crippen LogP contribution in [0, 0.1) is 32.7 Å². The monoisotopic (exact) mass is 536 g/mol. The number of carbonyl (C=O) groups is 1. The molecule has 1 aromatic rings. The molecule has 0 unspecified atom stereocenters. The number of esters is 1. The van der Waals surface area contributed by atoms with Crippen molar-refractivity contribution in [3.05, 3.63) is 57.2 Å². The third-order valence-corrected chi connectivity index (χ3v) is 8.72. The first-order valence-electron chi connectivity index (χ1n) is 11.7. The van der Waals surface area contributed by atoms with E-state index in [1.807, 2.05) is 13.0 Å².